The van der Waals surface area contributed by atoms with Gasteiger partial charge in [0.1, 0.15) is 11.4 Å². The molecule has 0 aliphatic carbocycles. The second kappa shape index (κ2) is 10.6. The van der Waals surface area contributed by atoms with Crippen LogP contribution in [-0.2, 0) is 16.0 Å². The zero-order valence-electron chi connectivity index (χ0n) is 18.6. The van der Waals surface area contributed by atoms with E-state index < -0.39 is 0 Å². The van der Waals surface area contributed by atoms with Crippen LogP contribution >= 0.6 is 15.9 Å². The summed E-state index contributed by atoms with van der Waals surface area (Å²) >= 11 is 3.49. The summed E-state index contributed by atoms with van der Waals surface area (Å²) in [4.78, 5) is 21.9. The van der Waals surface area contributed by atoms with Crippen LogP contribution in [0.1, 0.15) is 26.0 Å². The molecule has 0 aliphatic heterocycles. The SMILES string of the molecule is CCOC(=O)C(CC)Cc1nc2cc(Br)ccc2nc1Oc1ccc(-c2ccccc2)cc1. The molecule has 0 amide bonds. The van der Waals surface area contributed by atoms with Crippen LogP contribution in [0, 0.1) is 5.92 Å². The smallest absolute Gasteiger partial charge is 0.309 e. The average molecular weight is 505 g/mol. The molecular formula is C27H25BrN2O3. The average Bonchev–Trinajstić information content (AvgIpc) is 2.84. The number of carbonyl (C=O) groups is 1. The van der Waals surface area contributed by atoms with Crippen molar-refractivity contribution < 1.29 is 14.3 Å². The van der Waals surface area contributed by atoms with Crippen LogP contribution in [0.3, 0.4) is 0 Å². The van der Waals surface area contributed by atoms with Gasteiger partial charge in [-0.05, 0) is 54.8 Å². The number of hydrogen-bond acceptors (Lipinski definition) is 5. The van der Waals surface area contributed by atoms with Crippen LogP contribution in [0.5, 0.6) is 11.6 Å². The van der Waals surface area contributed by atoms with Crippen molar-refractivity contribution in [3.63, 3.8) is 0 Å². The molecule has 0 bridgehead atoms. The Labute approximate surface area is 201 Å². The van der Waals surface area contributed by atoms with Crippen LogP contribution in [0.4, 0.5) is 0 Å². The largest absolute Gasteiger partial charge is 0.466 e. The minimum atomic E-state index is -0.313. The van der Waals surface area contributed by atoms with E-state index in [0.717, 1.165) is 26.6 Å². The van der Waals surface area contributed by atoms with Crippen LogP contribution in [0.2, 0.25) is 0 Å². The highest BCUT2D eigenvalue weighted by Crippen LogP contribution is 2.30. The number of halogens is 1. The van der Waals surface area contributed by atoms with Gasteiger partial charge in [-0.2, -0.15) is 0 Å². The fourth-order valence-electron chi connectivity index (χ4n) is 3.61. The summed E-state index contributed by atoms with van der Waals surface area (Å²) in [6.45, 7) is 4.13. The standard InChI is InChI=1S/C27H25BrN2O3/c1-3-18(27(31)32-4-2)16-25-26(30-23-15-12-21(28)17-24(23)29-25)33-22-13-10-20(11-14-22)19-8-6-5-7-9-19/h5-15,17-18H,3-4,16H2,1-2H3. The first-order valence-corrected chi connectivity index (χ1v) is 11.8. The first-order chi connectivity index (χ1) is 16.1. The molecule has 1 heterocycles. The molecule has 0 radical (unpaired) electrons. The van der Waals surface area contributed by atoms with E-state index in [-0.39, 0.29) is 11.9 Å². The Kier molecular flexibility index (Phi) is 7.35. The van der Waals surface area contributed by atoms with Gasteiger partial charge in [0.05, 0.1) is 23.6 Å². The zero-order valence-corrected chi connectivity index (χ0v) is 20.2. The molecule has 1 aromatic heterocycles. The summed E-state index contributed by atoms with van der Waals surface area (Å²) < 4.78 is 12.4. The second-order valence-corrected chi connectivity index (χ2v) is 8.58. The third-order valence-corrected chi connectivity index (χ3v) is 5.88. The van der Waals surface area contributed by atoms with Crippen LogP contribution < -0.4 is 4.74 Å². The van der Waals surface area contributed by atoms with Crippen LogP contribution in [0.15, 0.2) is 77.3 Å². The molecule has 4 aromatic rings. The Bertz CT molecular complexity index is 1240. The van der Waals surface area contributed by atoms with Crippen molar-refractivity contribution in [2.75, 3.05) is 6.61 Å². The number of benzene rings is 3. The molecule has 5 nitrogen and oxygen atoms in total. The van der Waals surface area contributed by atoms with E-state index in [1.165, 1.54) is 0 Å². The summed E-state index contributed by atoms with van der Waals surface area (Å²) in [6, 6.07) is 23.8. The number of carbonyl (C=O) groups excluding carboxylic acids is 1. The molecule has 1 unspecified atom stereocenters. The van der Waals surface area contributed by atoms with Gasteiger partial charge in [-0.25, -0.2) is 9.97 Å². The van der Waals surface area contributed by atoms with Crippen molar-refractivity contribution in [3.05, 3.63) is 83.0 Å². The fraction of sp³-hybridized carbons (Fsp3) is 0.222. The third kappa shape index (κ3) is 5.57. The van der Waals surface area contributed by atoms with Gasteiger partial charge in [0.25, 0.3) is 0 Å². The lowest BCUT2D eigenvalue weighted by atomic mass is 10.0. The summed E-state index contributed by atoms with van der Waals surface area (Å²) in [5, 5.41) is 0. The first-order valence-electron chi connectivity index (χ1n) is 11.0. The molecular weight excluding hydrogens is 480 g/mol. The lowest BCUT2D eigenvalue weighted by Crippen LogP contribution is -2.20. The highest BCUT2D eigenvalue weighted by Gasteiger charge is 2.23. The van der Waals surface area contributed by atoms with E-state index >= 15 is 0 Å². The summed E-state index contributed by atoms with van der Waals surface area (Å²) in [6.07, 6.45) is 1.03. The normalized spacial score (nSPS) is 11.8. The van der Waals surface area contributed by atoms with Gasteiger partial charge in [0.2, 0.25) is 5.88 Å². The monoisotopic (exact) mass is 504 g/mol. The van der Waals surface area contributed by atoms with Crippen molar-refractivity contribution in [2.24, 2.45) is 5.92 Å². The maximum absolute atomic E-state index is 12.4. The van der Waals surface area contributed by atoms with E-state index in [1.54, 1.807) is 0 Å². The van der Waals surface area contributed by atoms with E-state index in [1.807, 2.05) is 74.5 Å². The molecule has 0 fully saturated rings. The van der Waals surface area contributed by atoms with Crippen molar-refractivity contribution in [3.8, 4) is 22.8 Å². The van der Waals surface area contributed by atoms with Crippen molar-refractivity contribution in [1.82, 2.24) is 9.97 Å². The van der Waals surface area contributed by atoms with Crippen molar-refractivity contribution in [2.45, 2.75) is 26.7 Å². The van der Waals surface area contributed by atoms with E-state index in [2.05, 4.69) is 28.1 Å². The van der Waals surface area contributed by atoms with Crippen molar-refractivity contribution >= 4 is 32.9 Å². The first kappa shape index (κ1) is 22.9. The number of ether oxygens (including phenoxy) is 2. The molecule has 6 heteroatoms. The Balaban J connectivity index is 1.67. The molecule has 0 N–H and O–H groups in total. The highest BCUT2D eigenvalue weighted by atomic mass is 79.9. The molecule has 3 aromatic carbocycles. The molecule has 168 valence electrons. The summed E-state index contributed by atoms with van der Waals surface area (Å²) in [5.74, 6) is 0.520. The van der Waals surface area contributed by atoms with Gasteiger partial charge in [-0.3, -0.25) is 4.79 Å². The number of rotatable bonds is 8. The molecule has 0 saturated carbocycles. The minimum absolute atomic E-state index is 0.227. The molecule has 0 saturated heterocycles. The number of esters is 1. The Morgan fingerprint density at radius 3 is 2.33 bits per heavy atom. The van der Waals surface area contributed by atoms with Crippen LogP contribution in [0.25, 0.3) is 22.2 Å². The lowest BCUT2D eigenvalue weighted by Gasteiger charge is -2.16. The fourth-order valence-corrected chi connectivity index (χ4v) is 3.96. The maximum atomic E-state index is 12.4. The van der Waals surface area contributed by atoms with Gasteiger partial charge >= 0.3 is 5.97 Å². The Morgan fingerprint density at radius 2 is 1.64 bits per heavy atom. The number of nitrogens with zero attached hydrogens (tertiary/aromatic N) is 2. The molecule has 4 rings (SSSR count). The predicted molar refractivity (Wildman–Crippen MR) is 133 cm³/mol. The van der Waals surface area contributed by atoms with Crippen LogP contribution in [-0.4, -0.2) is 22.5 Å². The zero-order chi connectivity index (χ0) is 23.2. The van der Waals surface area contributed by atoms with E-state index in [0.29, 0.717) is 36.8 Å². The highest BCUT2D eigenvalue weighted by molar-refractivity contribution is 9.10. The van der Waals surface area contributed by atoms with Gasteiger partial charge in [-0.1, -0.05) is 65.3 Å². The summed E-state index contributed by atoms with van der Waals surface area (Å²) in [5.41, 5.74) is 4.34. The molecule has 0 aliphatic rings. The van der Waals surface area contributed by atoms with Gasteiger partial charge in [-0.15, -0.1) is 0 Å². The predicted octanol–water partition coefficient (Wildman–Crippen LogP) is 6.98. The van der Waals surface area contributed by atoms with Gasteiger partial charge in [0, 0.05) is 10.9 Å². The maximum Gasteiger partial charge on any atom is 0.309 e. The lowest BCUT2D eigenvalue weighted by molar-refractivity contribution is -0.148. The number of hydrogen-bond donors (Lipinski definition) is 0. The number of fused-ring (bicyclic) bond motifs is 1. The Morgan fingerprint density at radius 1 is 0.909 bits per heavy atom. The number of aromatic nitrogens is 2. The van der Waals surface area contributed by atoms with E-state index in [4.69, 9.17) is 19.4 Å². The van der Waals surface area contributed by atoms with Gasteiger partial charge in [0.15, 0.2) is 0 Å². The molecule has 1 atom stereocenters. The topological polar surface area (TPSA) is 61.3 Å². The molecule has 33 heavy (non-hydrogen) atoms. The summed E-state index contributed by atoms with van der Waals surface area (Å²) in [7, 11) is 0. The van der Waals surface area contributed by atoms with Crippen molar-refractivity contribution in [1.29, 1.82) is 0 Å². The molecule has 0 spiro atoms. The van der Waals surface area contributed by atoms with E-state index in [9.17, 15) is 4.79 Å². The van der Waals surface area contributed by atoms with Gasteiger partial charge < -0.3 is 9.47 Å². The third-order valence-electron chi connectivity index (χ3n) is 5.39. The Hall–Kier alpha value is -3.25. The second-order valence-electron chi connectivity index (χ2n) is 7.66. The minimum Gasteiger partial charge on any atom is -0.466 e. The quantitative estimate of drug-likeness (QED) is 0.242.